The number of aryl methyl sites for hydroxylation is 5. The summed E-state index contributed by atoms with van der Waals surface area (Å²) >= 11 is 6.23. The van der Waals surface area contributed by atoms with Crippen molar-refractivity contribution in [2.45, 2.75) is 54.4 Å². The number of aromatic hydroxyl groups is 3. The van der Waals surface area contributed by atoms with Crippen molar-refractivity contribution < 1.29 is 44.0 Å². The van der Waals surface area contributed by atoms with Gasteiger partial charge in [0.05, 0.1) is 42.1 Å². The molecule has 3 N–H and O–H groups in total. The Morgan fingerprint density at radius 2 is 0.889 bits per heavy atom. The zero-order valence-corrected chi connectivity index (χ0v) is 62.8. The van der Waals surface area contributed by atoms with Crippen molar-refractivity contribution in [3.63, 3.8) is 0 Å². The highest BCUT2D eigenvalue weighted by atomic mass is 32.1. The number of nitrogens with zero attached hydrogens (tertiary/aromatic N) is 13. The second-order valence-corrected chi connectivity index (χ2v) is 28.7. The van der Waals surface area contributed by atoms with Crippen LogP contribution < -0.4 is 4.90 Å². The summed E-state index contributed by atoms with van der Waals surface area (Å²) in [5, 5.41) is 75.6. The first-order valence-electron chi connectivity index (χ1n) is 33.6. The summed E-state index contributed by atoms with van der Waals surface area (Å²) in [7, 11) is 3.95. The van der Waals surface area contributed by atoms with Crippen LogP contribution in [0, 0.1) is 20.8 Å². The maximum Gasteiger partial charge on any atom is 0.373 e. The van der Waals surface area contributed by atoms with Gasteiger partial charge in [-0.25, -0.2) is 19.7 Å². The van der Waals surface area contributed by atoms with Crippen molar-refractivity contribution in [2.24, 2.45) is 40.9 Å². The number of aromatic nitrogens is 4. The zero-order valence-electron chi connectivity index (χ0n) is 59.5. The van der Waals surface area contributed by atoms with Crippen LogP contribution in [-0.4, -0.2) is 74.2 Å². The summed E-state index contributed by atoms with van der Waals surface area (Å²) < 4.78 is 8.95. The molecule has 22 nitrogen and oxygen atoms in total. The highest BCUT2D eigenvalue weighted by Gasteiger charge is 2.20. The summed E-state index contributed by atoms with van der Waals surface area (Å²) in [5.41, 5.74) is 8.61. The Hall–Kier alpha value is -12.9. The number of fused-ring (bicyclic) bond motifs is 8. The first kappa shape index (κ1) is 76.2. The lowest BCUT2D eigenvalue weighted by Gasteiger charge is -2.14. The standard InChI is InChI=1S/C22H20N4O2S.2C20H17N3OS.C18H13N3OS.2CO2/c1-4-28-22(27)20-13-15-19(26(2)3)10-9-18(21(15)29-20)25-24-17-11-12-23-16-8-6-5-7-14(16)17;1-3-13-11-17(24)15-10-12(2)25-20(15)19(13)23-22-18-9-8-14-6-4-5-7-16(14)21-18;1-3-13-11-17(24)16-10-12(2)25-19(16)18(13)22-23-20-15-7-5-4-6-14(15)8-9-21-20;1-11-10-14-16(22)7-6-15(17(14)23-11)20-21-18-13-5-3-2-4-12(13)8-9-19-18;2*2-1-3/h5-13H,4H2,1-3H3;2*4-11,24H,3H2,1-2H3;2-10,22H,1H3;;. The molecule has 0 aliphatic carbocycles. The Balaban J connectivity index is 0.000000140. The number of carbonyl (C=O) groups excluding carboxylic acids is 5. The molecule has 26 heteroatoms. The molecule has 16 rings (SSSR count). The number of esters is 1. The van der Waals surface area contributed by atoms with Crippen LogP contribution in [0.2, 0.25) is 0 Å². The van der Waals surface area contributed by atoms with E-state index in [1.165, 1.54) is 11.3 Å². The van der Waals surface area contributed by atoms with E-state index in [-0.39, 0.29) is 24.0 Å². The van der Waals surface area contributed by atoms with Gasteiger partial charge in [0.25, 0.3) is 0 Å². The van der Waals surface area contributed by atoms with Crippen LogP contribution in [0.4, 0.5) is 51.6 Å². The number of rotatable bonds is 13. The molecular formula is C82H67N13O9S4. The fourth-order valence-corrected chi connectivity index (χ4v) is 15.7. The summed E-state index contributed by atoms with van der Waals surface area (Å²) in [5.74, 6) is 2.34. The molecule has 0 spiro atoms. The summed E-state index contributed by atoms with van der Waals surface area (Å²) in [6, 6.07) is 60.1. The number of carbonyl (C=O) groups is 1. The first-order valence-corrected chi connectivity index (χ1v) is 36.9. The van der Waals surface area contributed by atoms with Crippen LogP contribution in [0.25, 0.3) is 83.7 Å². The van der Waals surface area contributed by atoms with Gasteiger partial charge in [0.2, 0.25) is 0 Å². The molecule has 538 valence electrons. The Morgan fingerprint density at radius 3 is 1.45 bits per heavy atom. The van der Waals surface area contributed by atoms with Crippen LogP contribution in [0.3, 0.4) is 0 Å². The molecule has 8 aromatic heterocycles. The fraction of sp³-hybridized carbons (Fsp3) is 0.134. The van der Waals surface area contributed by atoms with E-state index in [0.29, 0.717) is 46.1 Å². The van der Waals surface area contributed by atoms with Crippen molar-refractivity contribution in [3.8, 4) is 17.2 Å². The summed E-state index contributed by atoms with van der Waals surface area (Å²) in [6.45, 7) is 12.3. The number of benzene rings is 8. The van der Waals surface area contributed by atoms with Gasteiger partial charge >= 0.3 is 18.3 Å². The third-order valence-electron chi connectivity index (χ3n) is 16.6. The predicted molar refractivity (Wildman–Crippen MR) is 429 cm³/mol. The Kier molecular flexibility index (Phi) is 25.2. The number of thiophene rings is 4. The minimum absolute atomic E-state index is 0.250. The lowest BCUT2D eigenvalue weighted by molar-refractivity contribution is -0.193. The molecule has 0 saturated carbocycles. The number of phenols is 3. The SMILES string of the molecule is CCOC(=O)c1cc2c(N(C)C)ccc(N=Nc3ccnc4ccccc34)c2s1.CCc1cc(O)c2cc(C)sc2c1N=Nc1ccc2ccccc2n1.CCc1cc(O)c2cc(C)sc2c1N=Nc1nccc2ccccc12.Cc1cc2c(O)ccc(N=Nc3nccc4ccccc34)c2s1.O=C=O.O=C=O. The molecular weight excluding hydrogens is 1440 g/mol. The predicted octanol–water partition coefficient (Wildman–Crippen LogP) is 23.7. The highest BCUT2D eigenvalue weighted by Crippen LogP contribution is 2.46. The van der Waals surface area contributed by atoms with Crippen molar-refractivity contribution >= 4 is 199 Å². The van der Waals surface area contributed by atoms with Gasteiger partial charge in [0, 0.05) is 96.1 Å². The minimum Gasteiger partial charge on any atom is -0.507 e. The van der Waals surface area contributed by atoms with Gasteiger partial charge in [-0.05, 0) is 166 Å². The number of hydrogen-bond acceptors (Lipinski definition) is 26. The molecule has 0 unspecified atom stereocenters. The molecule has 8 heterocycles. The summed E-state index contributed by atoms with van der Waals surface area (Å²) in [4.78, 5) is 68.3. The number of pyridine rings is 4. The molecule has 0 saturated heterocycles. The van der Waals surface area contributed by atoms with Crippen LogP contribution in [0.15, 0.2) is 248 Å². The van der Waals surface area contributed by atoms with E-state index in [1.54, 1.807) is 83.8 Å². The van der Waals surface area contributed by atoms with Crippen LogP contribution in [0.5, 0.6) is 17.2 Å². The lowest BCUT2D eigenvalue weighted by atomic mass is 10.1. The van der Waals surface area contributed by atoms with Crippen molar-refractivity contribution in [1.29, 1.82) is 0 Å². The van der Waals surface area contributed by atoms with Gasteiger partial charge < -0.3 is 25.0 Å². The van der Waals surface area contributed by atoms with E-state index >= 15 is 0 Å². The number of azo groups is 4. The number of phenolic OH excluding ortho intramolecular Hbond substituents is 3. The number of para-hydroxylation sites is 2. The van der Waals surface area contributed by atoms with Crippen LogP contribution >= 0.6 is 45.3 Å². The second-order valence-electron chi connectivity index (χ2n) is 23.9. The van der Waals surface area contributed by atoms with Crippen molar-refractivity contribution in [2.75, 3.05) is 25.6 Å². The molecule has 0 atom stereocenters. The van der Waals surface area contributed by atoms with Gasteiger partial charge in [0.15, 0.2) is 17.5 Å². The molecule has 0 amide bonds. The number of ether oxygens (including phenoxy) is 1. The zero-order chi connectivity index (χ0) is 76.4. The third-order valence-corrected chi connectivity index (χ3v) is 20.9. The maximum absolute atomic E-state index is 12.2. The highest BCUT2D eigenvalue weighted by molar-refractivity contribution is 7.21. The molecule has 108 heavy (non-hydrogen) atoms. The van der Waals surface area contributed by atoms with Gasteiger partial charge in [-0.1, -0.05) is 98.8 Å². The van der Waals surface area contributed by atoms with E-state index in [2.05, 4.69) is 67.8 Å². The first-order chi connectivity index (χ1) is 52.4. The second kappa shape index (κ2) is 35.7. The smallest absolute Gasteiger partial charge is 0.373 e. The largest absolute Gasteiger partial charge is 0.507 e. The van der Waals surface area contributed by atoms with Crippen molar-refractivity contribution in [1.82, 2.24) is 19.9 Å². The average molecular weight is 1510 g/mol. The fourth-order valence-electron chi connectivity index (χ4n) is 11.6. The van der Waals surface area contributed by atoms with Gasteiger partial charge in [-0.2, -0.15) is 19.2 Å². The minimum atomic E-state index is -0.318. The van der Waals surface area contributed by atoms with E-state index in [0.717, 1.165) is 151 Å². The van der Waals surface area contributed by atoms with Crippen LogP contribution in [0.1, 0.15) is 56.2 Å². The number of anilines is 1. The average Bonchev–Trinajstić information content (AvgIpc) is 1.62. The molecule has 8 aromatic carbocycles. The van der Waals surface area contributed by atoms with Gasteiger partial charge in [-0.3, -0.25) is 4.98 Å². The van der Waals surface area contributed by atoms with Crippen molar-refractivity contribution in [3.05, 3.63) is 237 Å². The van der Waals surface area contributed by atoms with Crippen LogP contribution in [-0.2, 0) is 36.8 Å². The summed E-state index contributed by atoms with van der Waals surface area (Å²) in [6.07, 6.45) is 7.26. The monoisotopic (exact) mass is 1510 g/mol. The molecule has 0 aliphatic rings. The van der Waals surface area contributed by atoms with E-state index in [4.69, 9.17) is 23.9 Å². The Bertz CT molecular complexity index is 6160. The Labute approximate surface area is 634 Å². The molecule has 0 fully saturated rings. The van der Waals surface area contributed by atoms with Gasteiger partial charge in [-0.15, -0.1) is 86.3 Å². The molecule has 0 radical (unpaired) electrons. The normalized spacial score (nSPS) is 11.1. The van der Waals surface area contributed by atoms with E-state index in [1.807, 2.05) is 210 Å². The van der Waals surface area contributed by atoms with Gasteiger partial charge in [0.1, 0.15) is 44.9 Å². The van der Waals surface area contributed by atoms with E-state index in [9.17, 15) is 20.1 Å². The Morgan fingerprint density at radius 1 is 0.426 bits per heavy atom. The maximum atomic E-state index is 12.2. The van der Waals surface area contributed by atoms with E-state index < -0.39 is 0 Å². The third kappa shape index (κ3) is 17.7. The lowest BCUT2D eigenvalue weighted by Crippen LogP contribution is -2.08. The molecule has 16 aromatic rings. The molecule has 0 aliphatic heterocycles. The number of hydrogen-bond donors (Lipinski definition) is 3. The molecule has 0 bridgehead atoms. The quantitative estimate of drug-likeness (QED) is 0.0714. The topological polar surface area (TPSA) is 309 Å².